The summed E-state index contributed by atoms with van der Waals surface area (Å²) in [7, 11) is 0. The summed E-state index contributed by atoms with van der Waals surface area (Å²) in [5.74, 6) is 0. The molecule has 0 aromatic heterocycles. The van der Waals surface area contributed by atoms with Crippen molar-refractivity contribution in [2.24, 2.45) is 0 Å². The number of benzene rings is 1. The van der Waals surface area contributed by atoms with Gasteiger partial charge in [-0.25, -0.2) is 0 Å². The first-order valence-electron chi connectivity index (χ1n) is 3.87. The number of hydrogen-bond donors (Lipinski definition) is 0. The topological polar surface area (TPSA) is 3.24 Å². The highest BCUT2D eigenvalue weighted by molar-refractivity contribution is 6.33. The van der Waals surface area contributed by atoms with Crippen LogP contribution in [0.5, 0.6) is 0 Å². The summed E-state index contributed by atoms with van der Waals surface area (Å²) in [5.41, 5.74) is 1.18. The number of nitrogens with zero attached hydrogens (tertiary/aromatic N) is 1. The summed E-state index contributed by atoms with van der Waals surface area (Å²) in [6.07, 6.45) is 1.30. The van der Waals surface area contributed by atoms with Crippen LogP contribution in [-0.2, 0) is 0 Å². The Morgan fingerprint density at radius 3 is 2.45 bits per heavy atom. The number of anilines is 1. The lowest BCUT2D eigenvalue weighted by Gasteiger charge is -2.33. The van der Waals surface area contributed by atoms with Gasteiger partial charge in [0.15, 0.2) is 0 Å². The Labute approximate surface area is 71.6 Å². The summed E-state index contributed by atoms with van der Waals surface area (Å²) in [6.45, 7) is 2.31. The van der Waals surface area contributed by atoms with Gasteiger partial charge >= 0.3 is 0 Å². The van der Waals surface area contributed by atoms with Gasteiger partial charge in [-0.2, -0.15) is 0 Å². The Hall–Kier alpha value is -0.690. The number of hydrogen-bond acceptors (Lipinski definition) is 1. The van der Waals surface area contributed by atoms with Crippen molar-refractivity contribution in [3.05, 3.63) is 29.3 Å². The molecule has 2 rings (SSSR count). The molecule has 2 heteroatoms. The van der Waals surface area contributed by atoms with Crippen LogP contribution in [-0.4, -0.2) is 13.1 Å². The summed E-state index contributed by atoms with van der Waals surface area (Å²) in [5, 5.41) is 0.868. The predicted octanol–water partition coefficient (Wildman–Crippen LogP) is 2.55. The van der Waals surface area contributed by atoms with E-state index in [-0.39, 0.29) is 0 Å². The van der Waals surface area contributed by atoms with Crippen molar-refractivity contribution in [2.75, 3.05) is 18.0 Å². The van der Waals surface area contributed by atoms with Gasteiger partial charge in [-0.15, -0.1) is 0 Å². The lowest BCUT2D eigenvalue weighted by Crippen LogP contribution is -2.37. The first-order chi connectivity index (χ1) is 5.38. The fourth-order valence-electron chi connectivity index (χ4n) is 1.27. The molecule has 0 aliphatic carbocycles. The van der Waals surface area contributed by atoms with Crippen molar-refractivity contribution in [3.63, 3.8) is 0 Å². The zero-order chi connectivity index (χ0) is 7.68. The summed E-state index contributed by atoms with van der Waals surface area (Å²) < 4.78 is 0. The van der Waals surface area contributed by atoms with Crippen LogP contribution in [0.1, 0.15) is 6.42 Å². The molecule has 58 valence electrons. The SMILES string of the molecule is Clc1ccccc1N1CCC1. The molecule has 11 heavy (non-hydrogen) atoms. The van der Waals surface area contributed by atoms with Crippen molar-refractivity contribution in [1.29, 1.82) is 0 Å². The summed E-state index contributed by atoms with van der Waals surface area (Å²) in [4.78, 5) is 2.29. The van der Waals surface area contributed by atoms with Gasteiger partial charge in [0.1, 0.15) is 0 Å². The monoisotopic (exact) mass is 167 g/mol. The highest BCUT2D eigenvalue weighted by Gasteiger charge is 2.15. The molecule has 0 N–H and O–H groups in total. The van der Waals surface area contributed by atoms with Crippen LogP contribution >= 0.6 is 11.6 Å². The molecule has 1 heterocycles. The molecule has 0 atom stereocenters. The fraction of sp³-hybridized carbons (Fsp3) is 0.333. The molecule has 1 aliphatic rings. The van der Waals surface area contributed by atoms with Crippen molar-refractivity contribution >= 4 is 17.3 Å². The Morgan fingerprint density at radius 2 is 1.91 bits per heavy atom. The molecule has 1 aromatic carbocycles. The van der Waals surface area contributed by atoms with E-state index in [9.17, 15) is 0 Å². The normalized spacial score (nSPS) is 16.3. The molecule has 0 spiro atoms. The maximum absolute atomic E-state index is 5.99. The first-order valence-corrected chi connectivity index (χ1v) is 4.25. The molecule has 1 saturated heterocycles. The van der Waals surface area contributed by atoms with Crippen LogP contribution in [0.15, 0.2) is 24.3 Å². The van der Waals surface area contributed by atoms with Crippen molar-refractivity contribution in [2.45, 2.75) is 6.42 Å². The van der Waals surface area contributed by atoms with E-state index in [1.165, 1.54) is 12.1 Å². The minimum Gasteiger partial charge on any atom is -0.370 e. The molecule has 0 bridgehead atoms. The van der Waals surface area contributed by atoms with E-state index in [4.69, 9.17) is 11.6 Å². The highest BCUT2D eigenvalue weighted by atomic mass is 35.5. The zero-order valence-electron chi connectivity index (χ0n) is 6.26. The lowest BCUT2D eigenvalue weighted by molar-refractivity contribution is 0.618. The largest absolute Gasteiger partial charge is 0.370 e. The van der Waals surface area contributed by atoms with Gasteiger partial charge in [0.05, 0.1) is 10.7 Å². The second-order valence-corrected chi connectivity index (χ2v) is 3.20. The third kappa shape index (κ3) is 1.21. The average molecular weight is 168 g/mol. The minimum atomic E-state index is 0.868. The van der Waals surface area contributed by atoms with E-state index in [1.807, 2.05) is 18.2 Å². The second kappa shape index (κ2) is 2.74. The van der Waals surface area contributed by atoms with Gasteiger partial charge in [-0.3, -0.25) is 0 Å². The fourth-order valence-corrected chi connectivity index (χ4v) is 1.52. The number of rotatable bonds is 1. The van der Waals surface area contributed by atoms with Crippen molar-refractivity contribution < 1.29 is 0 Å². The number of para-hydroxylation sites is 1. The Balaban J connectivity index is 2.28. The average Bonchev–Trinajstić information content (AvgIpc) is 1.90. The lowest BCUT2D eigenvalue weighted by atomic mass is 10.2. The Kier molecular flexibility index (Phi) is 1.74. The van der Waals surface area contributed by atoms with Gasteiger partial charge in [-0.05, 0) is 18.6 Å². The van der Waals surface area contributed by atoms with Gasteiger partial charge in [0, 0.05) is 13.1 Å². The molecule has 0 radical (unpaired) electrons. The summed E-state index contributed by atoms with van der Waals surface area (Å²) >= 11 is 5.99. The van der Waals surface area contributed by atoms with Gasteiger partial charge < -0.3 is 4.90 Å². The molecule has 1 nitrogen and oxygen atoms in total. The van der Waals surface area contributed by atoms with E-state index >= 15 is 0 Å². The number of halogens is 1. The molecule has 1 aliphatic heterocycles. The van der Waals surface area contributed by atoms with E-state index in [0.29, 0.717) is 0 Å². The quantitative estimate of drug-likeness (QED) is 0.622. The van der Waals surface area contributed by atoms with Gasteiger partial charge in [-0.1, -0.05) is 23.7 Å². The molecular weight excluding hydrogens is 158 g/mol. The molecule has 0 amide bonds. The molecule has 1 aromatic rings. The molecule has 1 fully saturated rings. The van der Waals surface area contributed by atoms with Crippen LogP contribution in [0.25, 0.3) is 0 Å². The standard InChI is InChI=1S/C9H10ClN/c10-8-4-1-2-5-9(8)11-6-3-7-11/h1-2,4-5H,3,6-7H2. The third-order valence-corrected chi connectivity index (χ3v) is 2.37. The smallest absolute Gasteiger partial charge is 0.0639 e. The van der Waals surface area contributed by atoms with Crippen molar-refractivity contribution in [3.8, 4) is 0 Å². The van der Waals surface area contributed by atoms with Crippen LogP contribution in [0.4, 0.5) is 5.69 Å². The Bertz CT molecular complexity index is 255. The van der Waals surface area contributed by atoms with Crippen molar-refractivity contribution in [1.82, 2.24) is 0 Å². The van der Waals surface area contributed by atoms with E-state index in [0.717, 1.165) is 18.1 Å². The minimum absolute atomic E-state index is 0.868. The van der Waals surface area contributed by atoms with Crippen LogP contribution < -0.4 is 4.90 Å². The van der Waals surface area contributed by atoms with E-state index in [2.05, 4.69) is 11.0 Å². The maximum atomic E-state index is 5.99. The molecular formula is C9H10ClN. The molecule has 0 unspecified atom stereocenters. The Morgan fingerprint density at radius 1 is 1.18 bits per heavy atom. The van der Waals surface area contributed by atoms with E-state index in [1.54, 1.807) is 0 Å². The predicted molar refractivity (Wildman–Crippen MR) is 48.3 cm³/mol. The summed E-state index contributed by atoms with van der Waals surface area (Å²) in [6, 6.07) is 8.00. The van der Waals surface area contributed by atoms with Crippen LogP contribution in [0.2, 0.25) is 5.02 Å². The van der Waals surface area contributed by atoms with Crippen LogP contribution in [0.3, 0.4) is 0 Å². The third-order valence-electron chi connectivity index (χ3n) is 2.05. The van der Waals surface area contributed by atoms with Gasteiger partial charge in [0.25, 0.3) is 0 Å². The zero-order valence-corrected chi connectivity index (χ0v) is 7.01. The highest BCUT2D eigenvalue weighted by Crippen LogP contribution is 2.28. The maximum Gasteiger partial charge on any atom is 0.0639 e. The van der Waals surface area contributed by atoms with Crippen LogP contribution in [0, 0.1) is 0 Å². The molecule has 0 saturated carbocycles. The van der Waals surface area contributed by atoms with E-state index < -0.39 is 0 Å². The van der Waals surface area contributed by atoms with Gasteiger partial charge in [0.2, 0.25) is 0 Å². The second-order valence-electron chi connectivity index (χ2n) is 2.79. The first kappa shape index (κ1) is 6.99.